The van der Waals surface area contributed by atoms with E-state index >= 15 is 0 Å². The second-order valence-electron chi connectivity index (χ2n) is 3.40. The zero-order valence-corrected chi connectivity index (χ0v) is 9.20. The molecular weight excluding hydrogens is 220 g/mol. The molecule has 0 atom stereocenters. The summed E-state index contributed by atoms with van der Waals surface area (Å²) < 4.78 is 0. The molecule has 0 aromatic heterocycles. The van der Waals surface area contributed by atoms with Crippen LogP contribution in [-0.2, 0) is 0 Å². The largest absolute Gasteiger partial charge is 0.398 e. The van der Waals surface area contributed by atoms with E-state index in [2.05, 4.69) is 0 Å². The monoisotopic (exact) mass is 228 g/mol. The van der Waals surface area contributed by atoms with Gasteiger partial charge in [0, 0.05) is 5.56 Å². The zero-order chi connectivity index (χ0) is 11.5. The van der Waals surface area contributed by atoms with E-state index in [1.54, 1.807) is 12.1 Å². The van der Waals surface area contributed by atoms with Crippen molar-refractivity contribution >= 4 is 17.3 Å². The Kier molecular flexibility index (Phi) is 2.80. The van der Waals surface area contributed by atoms with Crippen LogP contribution in [0, 0.1) is 11.3 Å². The first-order valence-electron chi connectivity index (χ1n) is 4.77. The van der Waals surface area contributed by atoms with E-state index in [4.69, 9.17) is 22.6 Å². The molecule has 2 aromatic rings. The van der Waals surface area contributed by atoms with Crippen molar-refractivity contribution in [2.45, 2.75) is 0 Å². The van der Waals surface area contributed by atoms with E-state index in [1.165, 1.54) is 0 Å². The fourth-order valence-corrected chi connectivity index (χ4v) is 1.81. The Hall–Kier alpha value is -1.98. The number of hydrogen-bond donors (Lipinski definition) is 1. The Morgan fingerprint density at radius 2 is 1.81 bits per heavy atom. The normalized spacial score (nSPS) is 9.75. The Labute approximate surface area is 98.9 Å². The molecule has 2 rings (SSSR count). The van der Waals surface area contributed by atoms with Crippen LogP contribution in [0.25, 0.3) is 11.1 Å². The van der Waals surface area contributed by atoms with Crippen LogP contribution in [0.5, 0.6) is 0 Å². The van der Waals surface area contributed by atoms with Crippen LogP contribution in [0.4, 0.5) is 5.69 Å². The lowest BCUT2D eigenvalue weighted by Crippen LogP contribution is -1.91. The molecule has 0 aliphatic rings. The highest BCUT2D eigenvalue weighted by atomic mass is 35.5. The molecule has 0 spiro atoms. The molecule has 0 fully saturated rings. The predicted octanol–water partition coefficient (Wildman–Crippen LogP) is 3.46. The number of halogens is 1. The summed E-state index contributed by atoms with van der Waals surface area (Å²) in [5.41, 5.74) is 8.33. The van der Waals surface area contributed by atoms with E-state index in [-0.39, 0.29) is 0 Å². The third-order valence-electron chi connectivity index (χ3n) is 2.34. The zero-order valence-electron chi connectivity index (χ0n) is 8.44. The Morgan fingerprint density at radius 1 is 1.12 bits per heavy atom. The standard InChI is InChI=1S/C13H9ClN2/c14-12-7-13(16)10(8-15)6-11(12)9-4-2-1-3-5-9/h1-7H,16H2. The Balaban J connectivity index is 2.63. The van der Waals surface area contributed by atoms with Crippen molar-refractivity contribution in [3.05, 3.63) is 53.1 Å². The average Bonchev–Trinajstić information content (AvgIpc) is 2.30. The maximum Gasteiger partial charge on any atom is 0.101 e. The molecule has 2 N–H and O–H groups in total. The second-order valence-corrected chi connectivity index (χ2v) is 3.80. The van der Waals surface area contributed by atoms with Gasteiger partial charge in [-0.05, 0) is 17.7 Å². The maximum absolute atomic E-state index is 8.91. The number of nitrogens with two attached hydrogens (primary N) is 1. The van der Waals surface area contributed by atoms with Gasteiger partial charge in [-0.15, -0.1) is 0 Å². The highest BCUT2D eigenvalue weighted by Crippen LogP contribution is 2.31. The minimum Gasteiger partial charge on any atom is -0.398 e. The summed E-state index contributed by atoms with van der Waals surface area (Å²) in [5, 5.41) is 9.47. The van der Waals surface area contributed by atoms with Crippen molar-refractivity contribution < 1.29 is 0 Å². The van der Waals surface area contributed by atoms with Crippen molar-refractivity contribution in [1.29, 1.82) is 5.26 Å². The molecular formula is C13H9ClN2. The van der Waals surface area contributed by atoms with E-state index in [9.17, 15) is 0 Å². The van der Waals surface area contributed by atoms with Gasteiger partial charge in [-0.1, -0.05) is 41.9 Å². The molecule has 0 amide bonds. The number of rotatable bonds is 1. The van der Waals surface area contributed by atoms with E-state index in [1.807, 2.05) is 36.4 Å². The number of nitriles is 1. The number of nitrogen functional groups attached to an aromatic ring is 1. The lowest BCUT2D eigenvalue weighted by atomic mass is 10.0. The van der Waals surface area contributed by atoms with Gasteiger partial charge in [0.1, 0.15) is 6.07 Å². The summed E-state index contributed by atoms with van der Waals surface area (Å²) in [7, 11) is 0. The molecule has 0 heterocycles. The summed E-state index contributed by atoms with van der Waals surface area (Å²) in [6.45, 7) is 0. The van der Waals surface area contributed by atoms with Crippen LogP contribution in [-0.4, -0.2) is 0 Å². The maximum atomic E-state index is 8.91. The number of nitrogens with zero attached hydrogens (tertiary/aromatic N) is 1. The summed E-state index contributed by atoms with van der Waals surface area (Å²) in [6, 6.07) is 15.0. The van der Waals surface area contributed by atoms with Gasteiger partial charge in [-0.2, -0.15) is 5.26 Å². The fourth-order valence-electron chi connectivity index (χ4n) is 1.52. The lowest BCUT2D eigenvalue weighted by molar-refractivity contribution is 1.48. The molecule has 0 unspecified atom stereocenters. The van der Waals surface area contributed by atoms with E-state index in [0.29, 0.717) is 16.3 Å². The predicted molar refractivity (Wildman–Crippen MR) is 66.0 cm³/mol. The quantitative estimate of drug-likeness (QED) is 0.760. The minimum atomic E-state index is 0.409. The molecule has 2 aromatic carbocycles. The topological polar surface area (TPSA) is 49.8 Å². The molecule has 16 heavy (non-hydrogen) atoms. The Morgan fingerprint density at radius 3 is 2.44 bits per heavy atom. The third kappa shape index (κ3) is 1.86. The van der Waals surface area contributed by atoms with Gasteiger partial charge in [-0.3, -0.25) is 0 Å². The minimum absolute atomic E-state index is 0.409. The van der Waals surface area contributed by atoms with Gasteiger partial charge in [0.15, 0.2) is 0 Å². The van der Waals surface area contributed by atoms with Gasteiger partial charge in [0.25, 0.3) is 0 Å². The molecule has 0 saturated carbocycles. The summed E-state index contributed by atoms with van der Waals surface area (Å²) in [5.74, 6) is 0. The first-order valence-corrected chi connectivity index (χ1v) is 5.14. The van der Waals surface area contributed by atoms with Gasteiger partial charge in [0.2, 0.25) is 0 Å². The van der Waals surface area contributed by atoms with Crippen LogP contribution >= 0.6 is 11.6 Å². The smallest absolute Gasteiger partial charge is 0.101 e. The van der Waals surface area contributed by atoms with Crippen LogP contribution in [0.15, 0.2) is 42.5 Å². The highest BCUT2D eigenvalue weighted by Gasteiger charge is 2.07. The van der Waals surface area contributed by atoms with E-state index in [0.717, 1.165) is 11.1 Å². The van der Waals surface area contributed by atoms with Crippen molar-refractivity contribution in [3.8, 4) is 17.2 Å². The van der Waals surface area contributed by atoms with Crippen molar-refractivity contribution in [3.63, 3.8) is 0 Å². The van der Waals surface area contributed by atoms with Crippen LogP contribution in [0.1, 0.15) is 5.56 Å². The third-order valence-corrected chi connectivity index (χ3v) is 2.66. The first-order chi connectivity index (χ1) is 7.72. The lowest BCUT2D eigenvalue weighted by Gasteiger charge is -2.06. The second kappa shape index (κ2) is 4.26. The highest BCUT2D eigenvalue weighted by molar-refractivity contribution is 6.33. The molecule has 0 bridgehead atoms. The number of benzene rings is 2. The SMILES string of the molecule is N#Cc1cc(-c2ccccc2)c(Cl)cc1N. The molecule has 0 saturated heterocycles. The van der Waals surface area contributed by atoms with Crippen LogP contribution in [0.3, 0.4) is 0 Å². The summed E-state index contributed by atoms with van der Waals surface area (Å²) in [4.78, 5) is 0. The number of hydrogen-bond acceptors (Lipinski definition) is 2. The van der Waals surface area contributed by atoms with Crippen LogP contribution < -0.4 is 5.73 Å². The summed E-state index contributed by atoms with van der Waals surface area (Å²) in [6.07, 6.45) is 0. The molecule has 0 aliphatic heterocycles. The fraction of sp³-hybridized carbons (Fsp3) is 0. The van der Waals surface area contributed by atoms with Crippen molar-refractivity contribution in [2.24, 2.45) is 0 Å². The van der Waals surface area contributed by atoms with Gasteiger partial charge >= 0.3 is 0 Å². The average molecular weight is 229 g/mol. The number of anilines is 1. The molecule has 3 heteroatoms. The van der Waals surface area contributed by atoms with Gasteiger partial charge < -0.3 is 5.73 Å². The first kappa shape index (κ1) is 10.5. The van der Waals surface area contributed by atoms with Crippen molar-refractivity contribution in [1.82, 2.24) is 0 Å². The van der Waals surface area contributed by atoms with Gasteiger partial charge in [-0.25, -0.2) is 0 Å². The molecule has 0 radical (unpaired) electrons. The molecule has 78 valence electrons. The summed E-state index contributed by atoms with van der Waals surface area (Å²) >= 11 is 6.10. The molecule has 0 aliphatic carbocycles. The van der Waals surface area contributed by atoms with E-state index < -0.39 is 0 Å². The van der Waals surface area contributed by atoms with Gasteiger partial charge in [0.05, 0.1) is 16.3 Å². The van der Waals surface area contributed by atoms with Crippen LogP contribution in [0.2, 0.25) is 5.02 Å². The Bertz CT molecular complexity index is 556. The molecule has 2 nitrogen and oxygen atoms in total. The van der Waals surface area contributed by atoms with Crippen molar-refractivity contribution in [2.75, 3.05) is 5.73 Å².